The lowest BCUT2D eigenvalue weighted by molar-refractivity contribution is 0.264. The normalized spacial score (nSPS) is 13.0. The molecule has 0 aliphatic rings. The predicted molar refractivity (Wildman–Crippen MR) is 61.8 cm³/mol. The van der Waals surface area contributed by atoms with Crippen LogP contribution in [0.15, 0.2) is 22.8 Å². The first-order chi connectivity index (χ1) is 7.69. The van der Waals surface area contributed by atoms with Crippen LogP contribution in [0.5, 0.6) is 5.75 Å². The number of halogens is 1. The van der Waals surface area contributed by atoms with Gasteiger partial charge in [-0.25, -0.2) is 0 Å². The third-order valence-electron chi connectivity index (χ3n) is 2.48. The Balaban J connectivity index is 2.71. The van der Waals surface area contributed by atoms with E-state index in [9.17, 15) is 0 Å². The summed E-state index contributed by atoms with van der Waals surface area (Å²) < 4.78 is 10.5. The number of aliphatic hydroxyl groups is 1. The summed E-state index contributed by atoms with van der Waals surface area (Å²) in [5.41, 5.74) is 7.03. The van der Waals surface area contributed by atoms with Crippen LogP contribution in [0.25, 0.3) is 11.0 Å². The number of hydrogen-bond acceptors (Lipinski definition) is 4. The Labute approximate surface area is 97.6 Å². The van der Waals surface area contributed by atoms with E-state index in [1.807, 2.05) is 0 Å². The van der Waals surface area contributed by atoms with Crippen LogP contribution < -0.4 is 10.5 Å². The van der Waals surface area contributed by atoms with Gasteiger partial charge in [-0.15, -0.1) is 0 Å². The molecule has 1 atom stereocenters. The predicted octanol–water partition coefficient (Wildman–Crippen LogP) is 2.09. The van der Waals surface area contributed by atoms with Crippen molar-refractivity contribution in [3.63, 3.8) is 0 Å². The van der Waals surface area contributed by atoms with Gasteiger partial charge in [-0.3, -0.25) is 0 Å². The second-order valence-electron chi connectivity index (χ2n) is 3.43. The molecule has 1 aromatic carbocycles. The molecule has 5 heteroatoms. The van der Waals surface area contributed by atoms with Crippen molar-refractivity contribution in [1.29, 1.82) is 0 Å². The molecule has 1 heterocycles. The van der Waals surface area contributed by atoms with Gasteiger partial charge >= 0.3 is 0 Å². The lowest BCUT2D eigenvalue weighted by Crippen LogP contribution is -2.15. The standard InChI is InChI=1S/C11H12ClNO3/c1-15-11-7(8(13)5-14)4-9-6(10(11)12)2-3-16-9/h2-4,8,14H,5,13H2,1H3. The highest BCUT2D eigenvalue weighted by molar-refractivity contribution is 6.37. The molecule has 2 aromatic rings. The number of benzene rings is 1. The summed E-state index contributed by atoms with van der Waals surface area (Å²) in [6.07, 6.45) is 1.55. The Kier molecular flexibility index (Phi) is 3.05. The minimum atomic E-state index is -0.540. The SMILES string of the molecule is COc1c(C(N)CO)cc2occc2c1Cl. The fraction of sp³-hybridized carbons (Fsp3) is 0.273. The van der Waals surface area contributed by atoms with Crippen molar-refractivity contribution >= 4 is 22.6 Å². The van der Waals surface area contributed by atoms with E-state index < -0.39 is 6.04 Å². The lowest BCUT2D eigenvalue weighted by atomic mass is 10.1. The Bertz CT molecular complexity index is 509. The summed E-state index contributed by atoms with van der Waals surface area (Å²) in [4.78, 5) is 0. The topological polar surface area (TPSA) is 68.6 Å². The van der Waals surface area contributed by atoms with Gasteiger partial charge in [0.2, 0.25) is 0 Å². The zero-order valence-corrected chi connectivity index (χ0v) is 9.49. The van der Waals surface area contributed by atoms with E-state index in [1.165, 1.54) is 7.11 Å². The fourth-order valence-electron chi connectivity index (χ4n) is 1.65. The van der Waals surface area contributed by atoms with Crippen LogP contribution in [0.2, 0.25) is 5.02 Å². The van der Waals surface area contributed by atoms with Crippen molar-refractivity contribution in [3.05, 3.63) is 29.0 Å². The first kappa shape index (κ1) is 11.3. The largest absolute Gasteiger partial charge is 0.495 e. The molecule has 16 heavy (non-hydrogen) atoms. The second-order valence-corrected chi connectivity index (χ2v) is 3.81. The van der Waals surface area contributed by atoms with Crippen LogP contribution >= 0.6 is 11.6 Å². The van der Waals surface area contributed by atoms with Gasteiger partial charge in [-0.05, 0) is 12.1 Å². The minimum Gasteiger partial charge on any atom is -0.495 e. The number of aliphatic hydroxyl groups excluding tert-OH is 1. The number of nitrogens with two attached hydrogens (primary N) is 1. The van der Waals surface area contributed by atoms with Crippen LogP contribution in [0.1, 0.15) is 11.6 Å². The molecule has 0 spiro atoms. The first-order valence-electron chi connectivity index (χ1n) is 4.79. The average molecular weight is 242 g/mol. The average Bonchev–Trinajstić information content (AvgIpc) is 2.76. The molecule has 0 aliphatic heterocycles. The molecule has 0 aliphatic carbocycles. The van der Waals surface area contributed by atoms with E-state index >= 15 is 0 Å². The van der Waals surface area contributed by atoms with Crippen LogP contribution in [0, 0.1) is 0 Å². The minimum absolute atomic E-state index is 0.182. The molecule has 0 saturated heterocycles. The highest BCUT2D eigenvalue weighted by Gasteiger charge is 2.18. The van der Waals surface area contributed by atoms with Gasteiger partial charge in [-0.2, -0.15) is 0 Å². The summed E-state index contributed by atoms with van der Waals surface area (Å²) in [5.74, 6) is 0.483. The smallest absolute Gasteiger partial charge is 0.143 e. The summed E-state index contributed by atoms with van der Waals surface area (Å²) in [5, 5.41) is 10.3. The fourth-order valence-corrected chi connectivity index (χ4v) is 1.99. The van der Waals surface area contributed by atoms with Gasteiger partial charge in [-0.1, -0.05) is 11.6 Å². The van der Waals surface area contributed by atoms with E-state index in [0.29, 0.717) is 21.9 Å². The second kappa shape index (κ2) is 4.33. The third-order valence-corrected chi connectivity index (χ3v) is 2.86. The number of ether oxygens (including phenoxy) is 1. The molecule has 1 aromatic heterocycles. The van der Waals surface area contributed by atoms with Crippen molar-refractivity contribution in [2.45, 2.75) is 6.04 Å². The molecule has 1 unspecified atom stereocenters. The number of methoxy groups -OCH3 is 1. The van der Waals surface area contributed by atoms with Crippen LogP contribution in [0.4, 0.5) is 0 Å². The van der Waals surface area contributed by atoms with Crippen LogP contribution in [0.3, 0.4) is 0 Å². The molecule has 0 saturated carbocycles. The molecule has 4 nitrogen and oxygen atoms in total. The maximum Gasteiger partial charge on any atom is 0.143 e. The van der Waals surface area contributed by atoms with Gasteiger partial charge in [0.25, 0.3) is 0 Å². The maximum absolute atomic E-state index is 9.07. The Morgan fingerprint density at radius 3 is 3.00 bits per heavy atom. The van der Waals surface area contributed by atoms with Crippen LogP contribution in [-0.4, -0.2) is 18.8 Å². The highest BCUT2D eigenvalue weighted by atomic mass is 35.5. The summed E-state index contributed by atoms with van der Waals surface area (Å²) in [6, 6.07) is 2.96. The maximum atomic E-state index is 9.07. The summed E-state index contributed by atoms with van der Waals surface area (Å²) in [7, 11) is 1.51. The van der Waals surface area contributed by atoms with Crippen LogP contribution in [-0.2, 0) is 0 Å². The van der Waals surface area contributed by atoms with Crippen molar-refractivity contribution in [2.75, 3.05) is 13.7 Å². The zero-order chi connectivity index (χ0) is 11.7. The zero-order valence-electron chi connectivity index (χ0n) is 8.74. The number of fused-ring (bicyclic) bond motifs is 1. The van der Waals surface area contributed by atoms with Gasteiger partial charge in [0.1, 0.15) is 11.3 Å². The molecular formula is C11H12ClNO3. The third kappa shape index (κ3) is 1.65. The van der Waals surface area contributed by atoms with Gasteiger partial charge in [0, 0.05) is 10.9 Å². The number of rotatable bonds is 3. The molecule has 2 rings (SSSR count). The molecule has 0 fully saturated rings. The molecule has 3 N–H and O–H groups in total. The quantitative estimate of drug-likeness (QED) is 0.863. The Hall–Kier alpha value is -1.23. The van der Waals surface area contributed by atoms with Crippen molar-refractivity contribution in [2.24, 2.45) is 5.73 Å². The summed E-state index contributed by atoms with van der Waals surface area (Å²) >= 11 is 6.17. The van der Waals surface area contributed by atoms with E-state index in [0.717, 1.165) is 5.39 Å². The summed E-state index contributed by atoms with van der Waals surface area (Å²) in [6.45, 7) is -0.182. The van der Waals surface area contributed by atoms with E-state index in [2.05, 4.69) is 0 Å². The van der Waals surface area contributed by atoms with Crippen molar-refractivity contribution in [3.8, 4) is 5.75 Å². The number of furan rings is 1. The highest BCUT2D eigenvalue weighted by Crippen LogP contribution is 2.38. The van der Waals surface area contributed by atoms with E-state index in [-0.39, 0.29) is 6.61 Å². The van der Waals surface area contributed by atoms with E-state index in [1.54, 1.807) is 18.4 Å². The molecule has 0 amide bonds. The van der Waals surface area contributed by atoms with Gasteiger partial charge in [0.15, 0.2) is 0 Å². The van der Waals surface area contributed by atoms with Crippen molar-refractivity contribution in [1.82, 2.24) is 0 Å². The Morgan fingerprint density at radius 1 is 1.62 bits per heavy atom. The van der Waals surface area contributed by atoms with E-state index in [4.69, 9.17) is 31.6 Å². The van der Waals surface area contributed by atoms with Gasteiger partial charge < -0.3 is 20.0 Å². The Morgan fingerprint density at radius 2 is 2.38 bits per heavy atom. The molecule has 86 valence electrons. The molecule has 0 bridgehead atoms. The first-order valence-corrected chi connectivity index (χ1v) is 5.16. The monoisotopic (exact) mass is 241 g/mol. The van der Waals surface area contributed by atoms with Gasteiger partial charge in [0.05, 0.1) is 31.0 Å². The van der Waals surface area contributed by atoms with Crippen molar-refractivity contribution < 1.29 is 14.3 Å². The molecular weight excluding hydrogens is 230 g/mol. The lowest BCUT2D eigenvalue weighted by Gasteiger charge is -2.15. The number of hydrogen-bond donors (Lipinski definition) is 2. The molecule has 0 radical (unpaired) electrons.